The Labute approximate surface area is 279 Å². The standard InChI is InChI=1S/C39H29.2ClH.Zr/c1-26-13-11-14-27(2)37(26)33-21-12-22-34(33)39-35(24-23-32-31-20-10-9-19-30(31)25-36(32)39)38(28-15-5-3-6-16-28)29-17-7-4-8-18-29;;;/h3-21,23-24H,22H2,1-2H3;2*1H;/q-1;;;+3/p-2. The summed E-state index contributed by atoms with van der Waals surface area (Å²) in [5.74, 6) is 0. The molecule has 2 aliphatic carbocycles. The average molecular weight is 660 g/mol. The number of aryl methyl sites for hydroxylation is 2. The molecular weight excluding hydrogens is 631 g/mol. The van der Waals surface area contributed by atoms with E-state index in [-0.39, 0.29) is 51.0 Å². The maximum absolute atomic E-state index is 3.85. The maximum atomic E-state index is 3.85. The van der Waals surface area contributed by atoms with E-state index in [2.05, 4.69) is 147 Å². The molecule has 0 saturated heterocycles. The summed E-state index contributed by atoms with van der Waals surface area (Å²) in [6, 6.07) is 41.6. The quantitative estimate of drug-likeness (QED) is 0.253. The van der Waals surface area contributed by atoms with Crippen LogP contribution in [-0.2, 0) is 26.2 Å². The van der Waals surface area contributed by atoms with Gasteiger partial charge in [-0.05, 0) is 64.5 Å². The molecule has 0 bridgehead atoms. The first-order chi connectivity index (χ1) is 19.2. The molecule has 0 unspecified atom stereocenters. The van der Waals surface area contributed by atoms with E-state index in [9.17, 15) is 0 Å². The largest absolute Gasteiger partial charge is 3.00 e. The van der Waals surface area contributed by atoms with Crippen LogP contribution in [0.15, 0.2) is 127 Å². The fourth-order valence-electron chi connectivity index (χ4n) is 6.34. The van der Waals surface area contributed by atoms with E-state index in [4.69, 9.17) is 0 Å². The molecule has 0 nitrogen and oxygen atoms in total. The van der Waals surface area contributed by atoms with Gasteiger partial charge in [0.25, 0.3) is 0 Å². The first kappa shape index (κ1) is 31.7. The Morgan fingerprint density at radius 2 is 1.19 bits per heavy atom. The Morgan fingerprint density at radius 3 is 1.83 bits per heavy atom. The van der Waals surface area contributed by atoms with Crippen molar-refractivity contribution in [2.24, 2.45) is 0 Å². The van der Waals surface area contributed by atoms with Gasteiger partial charge in [-0.1, -0.05) is 132 Å². The summed E-state index contributed by atoms with van der Waals surface area (Å²) >= 11 is 0. The SMILES string of the molecule is Cc1cccc(C)c1C1=C(c2c3c(ccc2=C(c2ccccc2)c2ccccc2)=c2ccccc2=[C-]3)CC=C1.[Cl-].[Cl-].[Zr+3]. The van der Waals surface area contributed by atoms with Crippen LogP contribution in [-0.4, -0.2) is 0 Å². The molecular formula is C39H29Cl2Zr. The predicted molar refractivity (Wildman–Crippen MR) is 163 cm³/mol. The summed E-state index contributed by atoms with van der Waals surface area (Å²) in [4.78, 5) is 0. The summed E-state index contributed by atoms with van der Waals surface area (Å²) in [5, 5.41) is 4.97. The molecule has 0 aromatic heterocycles. The van der Waals surface area contributed by atoms with Crippen molar-refractivity contribution in [1.29, 1.82) is 0 Å². The summed E-state index contributed by atoms with van der Waals surface area (Å²) in [6.07, 6.45) is 9.41. The van der Waals surface area contributed by atoms with Gasteiger partial charge in [0.05, 0.1) is 0 Å². The second-order valence-corrected chi connectivity index (χ2v) is 10.5. The van der Waals surface area contributed by atoms with Crippen molar-refractivity contribution in [2.45, 2.75) is 20.3 Å². The van der Waals surface area contributed by atoms with Crippen LogP contribution in [0.25, 0.3) is 22.8 Å². The zero-order chi connectivity index (χ0) is 26.3. The van der Waals surface area contributed by atoms with E-state index in [0.29, 0.717) is 0 Å². The summed E-state index contributed by atoms with van der Waals surface area (Å²) < 4.78 is 0. The Balaban J connectivity index is 0.00000135. The number of halogens is 2. The molecule has 0 amide bonds. The molecule has 0 fully saturated rings. The molecule has 0 saturated carbocycles. The van der Waals surface area contributed by atoms with Crippen LogP contribution in [0.2, 0.25) is 0 Å². The first-order valence-corrected chi connectivity index (χ1v) is 13.7. The minimum absolute atomic E-state index is 0. The number of hydrogen-bond donors (Lipinski definition) is 0. The van der Waals surface area contributed by atoms with Crippen molar-refractivity contribution in [3.8, 4) is 0 Å². The Hall–Kier alpha value is -3.22. The van der Waals surface area contributed by atoms with E-state index in [1.54, 1.807) is 0 Å². The summed E-state index contributed by atoms with van der Waals surface area (Å²) in [5.41, 5.74) is 12.9. The van der Waals surface area contributed by atoms with Crippen molar-refractivity contribution in [3.63, 3.8) is 0 Å². The van der Waals surface area contributed by atoms with E-state index in [1.807, 2.05) is 0 Å². The van der Waals surface area contributed by atoms with Crippen molar-refractivity contribution >= 4 is 22.8 Å². The van der Waals surface area contributed by atoms with Gasteiger partial charge >= 0.3 is 26.2 Å². The smallest absolute Gasteiger partial charge is 1.00 e. The van der Waals surface area contributed by atoms with Crippen LogP contribution in [0.3, 0.4) is 0 Å². The number of hydrogen-bond acceptors (Lipinski definition) is 0. The second kappa shape index (κ2) is 13.4. The van der Waals surface area contributed by atoms with Gasteiger partial charge in [0.1, 0.15) is 0 Å². The van der Waals surface area contributed by atoms with E-state index < -0.39 is 0 Å². The number of allylic oxidation sites excluding steroid dienone is 4. The zero-order valence-electron chi connectivity index (χ0n) is 23.6. The van der Waals surface area contributed by atoms with E-state index in [0.717, 1.165) is 6.42 Å². The van der Waals surface area contributed by atoms with Crippen molar-refractivity contribution in [1.82, 2.24) is 0 Å². The van der Waals surface area contributed by atoms with Gasteiger partial charge < -0.3 is 24.8 Å². The molecule has 203 valence electrons. The molecule has 1 radical (unpaired) electrons. The van der Waals surface area contributed by atoms with Crippen LogP contribution >= 0.6 is 0 Å². The normalized spacial score (nSPS) is 12.3. The third-order valence-electron chi connectivity index (χ3n) is 8.06. The van der Waals surface area contributed by atoms with Crippen LogP contribution in [0, 0.1) is 24.3 Å². The molecule has 0 heterocycles. The van der Waals surface area contributed by atoms with Gasteiger partial charge in [-0.2, -0.15) is 0 Å². The monoisotopic (exact) mass is 657 g/mol. The Morgan fingerprint density at radius 1 is 0.595 bits per heavy atom. The molecule has 5 aromatic rings. The van der Waals surface area contributed by atoms with Crippen molar-refractivity contribution in [3.05, 3.63) is 187 Å². The van der Waals surface area contributed by atoms with E-state index in [1.165, 1.54) is 76.5 Å². The Bertz CT molecular complexity index is 1980. The first-order valence-electron chi connectivity index (χ1n) is 13.7. The van der Waals surface area contributed by atoms with Gasteiger partial charge in [-0.3, -0.25) is 0 Å². The molecule has 3 heteroatoms. The second-order valence-electron chi connectivity index (χ2n) is 10.5. The third kappa shape index (κ3) is 5.47. The van der Waals surface area contributed by atoms with Gasteiger partial charge in [-0.15, -0.1) is 33.4 Å². The number of fused-ring (bicyclic) bond motifs is 2. The fourth-order valence-corrected chi connectivity index (χ4v) is 6.34. The molecule has 0 atom stereocenters. The third-order valence-corrected chi connectivity index (χ3v) is 8.06. The van der Waals surface area contributed by atoms with Crippen LogP contribution in [0.1, 0.15) is 45.4 Å². The summed E-state index contributed by atoms with van der Waals surface area (Å²) in [6.45, 7) is 4.46. The van der Waals surface area contributed by atoms with Gasteiger partial charge in [0.2, 0.25) is 0 Å². The van der Waals surface area contributed by atoms with E-state index >= 15 is 0 Å². The van der Waals surface area contributed by atoms with Gasteiger partial charge in [0, 0.05) is 0 Å². The van der Waals surface area contributed by atoms with Gasteiger partial charge in [0.15, 0.2) is 0 Å². The maximum Gasteiger partial charge on any atom is 3.00 e. The molecule has 42 heavy (non-hydrogen) atoms. The molecule has 0 N–H and O–H groups in total. The number of benzene rings is 5. The minimum Gasteiger partial charge on any atom is -1.00 e. The summed E-state index contributed by atoms with van der Waals surface area (Å²) in [7, 11) is 0. The van der Waals surface area contributed by atoms with Crippen molar-refractivity contribution in [2.75, 3.05) is 0 Å². The van der Waals surface area contributed by atoms with Crippen LogP contribution in [0.4, 0.5) is 0 Å². The van der Waals surface area contributed by atoms with Crippen LogP contribution < -0.4 is 35.3 Å². The van der Waals surface area contributed by atoms with Gasteiger partial charge in [-0.25, -0.2) is 0 Å². The minimum atomic E-state index is 0. The topological polar surface area (TPSA) is 0 Å². The zero-order valence-corrected chi connectivity index (χ0v) is 27.6. The molecule has 2 aliphatic rings. The predicted octanol–water partition coefficient (Wildman–Crippen LogP) is 1.73. The number of rotatable bonds is 4. The average Bonchev–Trinajstić information content (AvgIpc) is 3.59. The van der Waals surface area contributed by atoms with Crippen molar-refractivity contribution < 1.29 is 51.0 Å². The van der Waals surface area contributed by atoms with Crippen LogP contribution in [0.5, 0.6) is 0 Å². The Kier molecular flexibility index (Phi) is 10.1. The molecule has 0 aliphatic heterocycles. The fraction of sp³-hybridized carbons (Fsp3) is 0.0769. The molecule has 7 rings (SSSR count). The molecule has 5 aromatic carbocycles. The molecule has 0 spiro atoms.